The van der Waals surface area contributed by atoms with Crippen LogP contribution in [0.3, 0.4) is 0 Å². The number of aryl methyl sites for hydroxylation is 1. The van der Waals surface area contributed by atoms with Gasteiger partial charge in [-0.3, -0.25) is 0 Å². The normalized spacial score (nSPS) is 12.4. The van der Waals surface area contributed by atoms with E-state index in [1.807, 2.05) is 37.6 Å². The van der Waals surface area contributed by atoms with Crippen LogP contribution in [0.15, 0.2) is 23.7 Å². The molecule has 0 aliphatic rings. The highest BCUT2D eigenvalue weighted by atomic mass is 35.5. The van der Waals surface area contributed by atoms with E-state index in [0.29, 0.717) is 11.6 Å². The van der Waals surface area contributed by atoms with Crippen molar-refractivity contribution >= 4 is 22.9 Å². The molecule has 0 amide bonds. The van der Waals surface area contributed by atoms with Crippen molar-refractivity contribution in [1.82, 2.24) is 4.98 Å². The van der Waals surface area contributed by atoms with Crippen LogP contribution >= 0.6 is 22.9 Å². The predicted molar refractivity (Wildman–Crippen MR) is 80.1 cm³/mol. The van der Waals surface area contributed by atoms with Gasteiger partial charge in [-0.25, -0.2) is 4.98 Å². The van der Waals surface area contributed by atoms with Crippen LogP contribution in [0.5, 0.6) is 5.75 Å². The minimum absolute atomic E-state index is 0.0983. The van der Waals surface area contributed by atoms with E-state index in [1.54, 1.807) is 11.3 Å². The van der Waals surface area contributed by atoms with E-state index in [4.69, 9.17) is 22.1 Å². The smallest absolute Gasteiger partial charge is 0.124 e. The quantitative estimate of drug-likeness (QED) is 0.914. The molecule has 1 aromatic heterocycles. The van der Waals surface area contributed by atoms with E-state index in [0.717, 1.165) is 23.4 Å². The van der Waals surface area contributed by atoms with Gasteiger partial charge in [0.2, 0.25) is 0 Å². The fourth-order valence-corrected chi connectivity index (χ4v) is 2.77. The van der Waals surface area contributed by atoms with Crippen molar-refractivity contribution < 1.29 is 4.74 Å². The van der Waals surface area contributed by atoms with E-state index < -0.39 is 0 Å². The third-order valence-corrected chi connectivity index (χ3v) is 4.12. The number of halogens is 1. The monoisotopic (exact) mass is 296 g/mol. The molecule has 0 spiro atoms. The number of nitrogens with two attached hydrogens (primary N) is 1. The van der Waals surface area contributed by atoms with Gasteiger partial charge in [0.05, 0.1) is 17.8 Å². The summed E-state index contributed by atoms with van der Waals surface area (Å²) in [6.07, 6.45) is 0.859. The van der Waals surface area contributed by atoms with Crippen LogP contribution < -0.4 is 10.5 Å². The molecule has 5 heteroatoms. The second kappa shape index (κ2) is 6.37. The van der Waals surface area contributed by atoms with Crippen molar-refractivity contribution in [1.29, 1.82) is 0 Å². The van der Waals surface area contributed by atoms with Gasteiger partial charge in [-0.1, -0.05) is 11.6 Å². The Morgan fingerprint density at radius 3 is 2.89 bits per heavy atom. The third kappa shape index (κ3) is 3.69. The van der Waals surface area contributed by atoms with Crippen molar-refractivity contribution in [2.24, 2.45) is 5.73 Å². The molecule has 0 saturated heterocycles. The average Bonchev–Trinajstić information content (AvgIpc) is 2.77. The minimum Gasteiger partial charge on any atom is -0.493 e. The second-order valence-electron chi connectivity index (χ2n) is 4.43. The fourth-order valence-electron chi connectivity index (χ4n) is 1.83. The van der Waals surface area contributed by atoms with Crippen molar-refractivity contribution in [2.75, 3.05) is 6.61 Å². The minimum atomic E-state index is -0.0983. The molecule has 1 aromatic carbocycles. The number of hydrogen-bond donors (Lipinski definition) is 1. The highest BCUT2D eigenvalue weighted by Gasteiger charge is 2.09. The molecule has 2 aromatic rings. The van der Waals surface area contributed by atoms with Gasteiger partial charge in [0.25, 0.3) is 0 Å². The summed E-state index contributed by atoms with van der Waals surface area (Å²) < 4.78 is 5.82. The molecular weight excluding hydrogens is 280 g/mol. The summed E-state index contributed by atoms with van der Waals surface area (Å²) in [4.78, 5) is 5.49. The molecule has 3 nitrogen and oxygen atoms in total. The van der Waals surface area contributed by atoms with Gasteiger partial charge in [0, 0.05) is 27.9 Å². The molecule has 19 heavy (non-hydrogen) atoms. The van der Waals surface area contributed by atoms with Crippen LogP contribution in [0.4, 0.5) is 0 Å². The third-order valence-electron chi connectivity index (χ3n) is 2.89. The van der Waals surface area contributed by atoms with Gasteiger partial charge >= 0.3 is 0 Å². The maximum atomic E-state index is 5.98. The maximum Gasteiger partial charge on any atom is 0.124 e. The molecule has 0 saturated carbocycles. The first kappa shape index (κ1) is 14.3. The van der Waals surface area contributed by atoms with E-state index in [1.165, 1.54) is 4.88 Å². The maximum absolute atomic E-state index is 5.98. The largest absolute Gasteiger partial charge is 0.493 e. The van der Waals surface area contributed by atoms with Gasteiger partial charge in [-0.2, -0.15) is 0 Å². The molecule has 2 rings (SSSR count). The van der Waals surface area contributed by atoms with Gasteiger partial charge in [0.1, 0.15) is 5.75 Å². The Hall–Kier alpha value is -1.10. The van der Waals surface area contributed by atoms with Crippen molar-refractivity contribution in [3.8, 4) is 5.75 Å². The Labute approximate surface area is 122 Å². The van der Waals surface area contributed by atoms with Crippen LogP contribution in [-0.2, 0) is 6.42 Å². The first-order valence-electron chi connectivity index (χ1n) is 6.14. The van der Waals surface area contributed by atoms with E-state index in [9.17, 15) is 0 Å². The van der Waals surface area contributed by atoms with Crippen LogP contribution in [-0.4, -0.2) is 11.6 Å². The first-order chi connectivity index (χ1) is 9.08. The molecule has 0 aliphatic heterocycles. The number of aromatic nitrogens is 1. The van der Waals surface area contributed by atoms with E-state index >= 15 is 0 Å². The van der Waals surface area contributed by atoms with E-state index in [2.05, 4.69) is 4.98 Å². The summed E-state index contributed by atoms with van der Waals surface area (Å²) >= 11 is 7.64. The summed E-state index contributed by atoms with van der Waals surface area (Å²) in [7, 11) is 0. The Kier molecular flexibility index (Phi) is 4.80. The lowest BCUT2D eigenvalue weighted by molar-refractivity contribution is 0.318. The molecule has 102 valence electrons. The molecule has 0 aliphatic carbocycles. The molecule has 2 N–H and O–H groups in total. The van der Waals surface area contributed by atoms with Gasteiger partial charge < -0.3 is 10.5 Å². The van der Waals surface area contributed by atoms with Crippen LogP contribution in [0.2, 0.25) is 5.02 Å². The number of benzene rings is 1. The molecule has 0 radical (unpaired) electrons. The number of ether oxygens (including phenoxy) is 1. The van der Waals surface area contributed by atoms with Gasteiger partial charge in [0.15, 0.2) is 0 Å². The van der Waals surface area contributed by atoms with Crippen LogP contribution in [0, 0.1) is 6.92 Å². The second-order valence-corrected chi connectivity index (χ2v) is 5.81. The average molecular weight is 297 g/mol. The molecule has 0 bridgehead atoms. The van der Waals surface area contributed by atoms with Crippen molar-refractivity contribution in [2.45, 2.75) is 26.3 Å². The highest BCUT2D eigenvalue weighted by molar-refractivity contribution is 7.09. The summed E-state index contributed by atoms with van der Waals surface area (Å²) in [5.41, 5.74) is 9.81. The topological polar surface area (TPSA) is 48.1 Å². The van der Waals surface area contributed by atoms with Gasteiger partial charge in [-0.05, 0) is 32.0 Å². The molecule has 0 fully saturated rings. The Balaban J connectivity index is 2.01. The standard InChI is InChI=1S/C14H17ClN2OS/c1-9(16)12-7-11(15)3-4-13(12)18-6-5-14-10(2)17-8-19-14/h3-4,7-9H,5-6,16H2,1-2H3. The number of thiazole rings is 1. The first-order valence-corrected chi connectivity index (χ1v) is 7.40. The van der Waals surface area contributed by atoms with Crippen molar-refractivity contribution in [3.63, 3.8) is 0 Å². The lowest BCUT2D eigenvalue weighted by Gasteiger charge is -2.14. The lowest BCUT2D eigenvalue weighted by atomic mass is 10.1. The number of hydrogen-bond acceptors (Lipinski definition) is 4. The predicted octanol–water partition coefficient (Wildman–Crippen LogP) is 3.75. The number of rotatable bonds is 5. The molecular formula is C14H17ClN2OS. The molecule has 1 heterocycles. The van der Waals surface area contributed by atoms with Crippen LogP contribution in [0.25, 0.3) is 0 Å². The summed E-state index contributed by atoms with van der Waals surface area (Å²) in [5, 5.41) is 0.679. The zero-order valence-corrected chi connectivity index (χ0v) is 12.6. The molecule has 1 atom stereocenters. The molecule has 1 unspecified atom stereocenters. The highest BCUT2D eigenvalue weighted by Crippen LogP contribution is 2.27. The Morgan fingerprint density at radius 2 is 2.26 bits per heavy atom. The number of nitrogens with zero attached hydrogens (tertiary/aromatic N) is 1. The van der Waals surface area contributed by atoms with Gasteiger partial charge in [-0.15, -0.1) is 11.3 Å². The SMILES string of the molecule is Cc1ncsc1CCOc1ccc(Cl)cc1C(C)N. The summed E-state index contributed by atoms with van der Waals surface area (Å²) in [6.45, 7) is 4.55. The zero-order chi connectivity index (χ0) is 13.8. The van der Waals surface area contributed by atoms with E-state index in [-0.39, 0.29) is 6.04 Å². The Morgan fingerprint density at radius 1 is 1.47 bits per heavy atom. The van der Waals surface area contributed by atoms with Crippen molar-refractivity contribution in [3.05, 3.63) is 44.9 Å². The fraction of sp³-hybridized carbons (Fsp3) is 0.357. The lowest BCUT2D eigenvalue weighted by Crippen LogP contribution is -2.09. The van der Waals surface area contributed by atoms with Crippen LogP contribution in [0.1, 0.15) is 29.1 Å². The Bertz CT molecular complexity index is 554. The summed E-state index contributed by atoms with van der Waals surface area (Å²) in [5.74, 6) is 0.807. The zero-order valence-electron chi connectivity index (χ0n) is 11.0. The summed E-state index contributed by atoms with van der Waals surface area (Å²) in [6, 6.07) is 5.46.